The molecule has 0 aliphatic carbocycles. The molecule has 3 heterocycles. The zero-order valence-electron chi connectivity index (χ0n) is 16.0. The van der Waals surface area contributed by atoms with Crippen LogP contribution in [0.15, 0.2) is 68.8 Å². The van der Waals surface area contributed by atoms with Crippen molar-refractivity contribution < 1.29 is 9.15 Å². The van der Waals surface area contributed by atoms with Gasteiger partial charge in [0.05, 0.1) is 28.4 Å². The largest absolute Gasteiger partial charge is 0.493 e. The Labute approximate surface area is 195 Å². The van der Waals surface area contributed by atoms with Crippen LogP contribution >= 0.6 is 45.9 Å². The van der Waals surface area contributed by atoms with Gasteiger partial charge in [0, 0.05) is 27.9 Å². The topological polar surface area (TPSA) is 60.5 Å². The van der Waals surface area contributed by atoms with Crippen molar-refractivity contribution in [1.29, 1.82) is 0 Å². The van der Waals surface area contributed by atoms with Gasteiger partial charge >= 0.3 is 0 Å². The summed E-state index contributed by atoms with van der Waals surface area (Å²) in [4.78, 5) is 13.7. The number of fused-ring (bicyclic) bond motifs is 1. The molecule has 0 saturated carbocycles. The Bertz CT molecular complexity index is 1460. The predicted molar refractivity (Wildman–Crippen MR) is 127 cm³/mol. The van der Waals surface area contributed by atoms with Crippen LogP contribution < -0.4 is 10.3 Å². The zero-order valence-corrected chi connectivity index (χ0v) is 19.1. The number of halogens is 2. The third kappa shape index (κ3) is 3.97. The second-order valence-electron chi connectivity index (χ2n) is 6.44. The van der Waals surface area contributed by atoms with E-state index in [0.29, 0.717) is 32.1 Å². The van der Waals surface area contributed by atoms with Gasteiger partial charge in [0.2, 0.25) is 10.7 Å². The van der Waals surface area contributed by atoms with Crippen molar-refractivity contribution in [3.8, 4) is 27.6 Å². The monoisotopic (exact) mass is 485 g/mol. The molecule has 31 heavy (non-hydrogen) atoms. The first kappa shape index (κ1) is 20.2. The number of benzene rings is 2. The standard InChI is InChI=1S/C22H13Cl2N3O2S2/c1-28-18-4-2-3-13-9-14(20(29-19(13)18)27-22-25-7-8-30-22)21-26-17(11-31-21)12-5-6-15(23)16(24)10-12/h2-11H,1H3/b27-20-. The Morgan fingerprint density at radius 2 is 1.97 bits per heavy atom. The lowest BCUT2D eigenvalue weighted by molar-refractivity contribution is 0.406. The molecule has 9 heteroatoms. The van der Waals surface area contributed by atoms with Gasteiger partial charge in [-0.25, -0.2) is 9.97 Å². The molecular formula is C22H13Cl2N3O2S2. The Morgan fingerprint density at radius 3 is 2.74 bits per heavy atom. The Hall–Kier alpha value is -2.71. The predicted octanol–water partition coefficient (Wildman–Crippen LogP) is 7.23. The van der Waals surface area contributed by atoms with E-state index < -0.39 is 0 Å². The number of nitrogens with zero attached hydrogens (tertiary/aromatic N) is 3. The van der Waals surface area contributed by atoms with Crippen LogP contribution in [-0.4, -0.2) is 17.1 Å². The molecule has 0 amide bonds. The Balaban J connectivity index is 1.70. The first-order chi connectivity index (χ1) is 15.1. The molecule has 2 aromatic carbocycles. The van der Waals surface area contributed by atoms with E-state index in [-0.39, 0.29) is 0 Å². The fraction of sp³-hybridized carbons (Fsp3) is 0.0455. The summed E-state index contributed by atoms with van der Waals surface area (Å²) < 4.78 is 11.7. The van der Waals surface area contributed by atoms with Crippen molar-refractivity contribution in [3.05, 3.63) is 75.0 Å². The number of methoxy groups -OCH3 is 1. The van der Waals surface area contributed by atoms with Crippen molar-refractivity contribution >= 4 is 62.0 Å². The first-order valence-corrected chi connectivity index (χ1v) is 11.6. The SMILES string of the molecule is COc1cccc2cc(-c3nc(-c4ccc(Cl)c(Cl)c4)cs3)/c(=N/c3nccs3)oc12. The van der Waals surface area contributed by atoms with Crippen molar-refractivity contribution in [3.63, 3.8) is 0 Å². The highest BCUT2D eigenvalue weighted by molar-refractivity contribution is 7.13. The second-order valence-corrected chi connectivity index (χ2v) is 8.98. The number of ether oxygens (including phenoxy) is 1. The van der Waals surface area contributed by atoms with Gasteiger partial charge in [-0.1, -0.05) is 41.4 Å². The maximum Gasteiger partial charge on any atom is 0.232 e. The average Bonchev–Trinajstić information content (AvgIpc) is 3.47. The molecule has 0 spiro atoms. The highest BCUT2D eigenvalue weighted by Gasteiger charge is 2.15. The normalized spacial score (nSPS) is 11.9. The molecule has 5 nitrogen and oxygen atoms in total. The summed E-state index contributed by atoms with van der Waals surface area (Å²) in [5.41, 5.74) is 3.48. The molecule has 0 bridgehead atoms. The molecule has 0 atom stereocenters. The summed E-state index contributed by atoms with van der Waals surface area (Å²) >= 11 is 15.2. The van der Waals surface area contributed by atoms with Crippen LogP contribution in [0.4, 0.5) is 5.13 Å². The Kier molecular flexibility index (Phi) is 5.50. The third-order valence-corrected chi connectivity index (χ3v) is 6.80. The summed E-state index contributed by atoms with van der Waals surface area (Å²) in [7, 11) is 1.61. The summed E-state index contributed by atoms with van der Waals surface area (Å²) in [6.45, 7) is 0. The van der Waals surface area contributed by atoms with Gasteiger partial charge in [0.1, 0.15) is 5.01 Å². The Morgan fingerprint density at radius 1 is 1.06 bits per heavy atom. The molecule has 0 fully saturated rings. The molecule has 0 aliphatic heterocycles. The van der Waals surface area contributed by atoms with Crippen LogP contribution in [-0.2, 0) is 0 Å². The highest BCUT2D eigenvalue weighted by atomic mass is 35.5. The fourth-order valence-electron chi connectivity index (χ4n) is 3.07. The molecule has 5 aromatic rings. The molecule has 0 N–H and O–H groups in total. The maximum atomic E-state index is 6.20. The van der Waals surface area contributed by atoms with E-state index in [0.717, 1.165) is 27.2 Å². The van der Waals surface area contributed by atoms with E-state index in [1.54, 1.807) is 25.4 Å². The maximum absolute atomic E-state index is 6.20. The minimum atomic E-state index is 0.419. The first-order valence-electron chi connectivity index (χ1n) is 9.09. The van der Waals surface area contributed by atoms with Crippen molar-refractivity contribution in [2.75, 3.05) is 7.11 Å². The lowest BCUT2D eigenvalue weighted by Crippen LogP contribution is -2.05. The molecular weight excluding hydrogens is 473 g/mol. The zero-order chi connectivity index (χ0) is 21.4. The molecule has 0 unspecified atom stereocenters. The van der Waals surface area contributed by atoms with Gasteiger partial charge in [-0.15, -0.1) is 22.7 Å². The van der Waals surface area contributed by atoms with Crippen molar-refractivity contribution in [2.45, 2.75) is 0 Å². The number of hydrogen-bond acceptors (Lipinski definition) is 7. The third-order valence-electron chi connectivity index (χ3n) is 4.52. The van der Waals surface area contributed by atoms with E-state index in [2.05, 4.69) is 9.98 Å². The number of aromatic nitrogens is 2. The van der Waals surface area contributed by atoms with Crippen LogP contribution in [0, 0.1) is 0 Å². The smallest absolute Gasteiger partial charge is 0.232 e. The summed E-state index contributed by atoms with van der Waals surface area (Å²) in [6, 6.07) is 13.2. The lowest BCUT2D eigenvalue weighted by atomic mass is 10.1. The van der Waals surface area contributed by atoms with E-state index in [4.69, 9.17) is 37.3 Å². The minimum absolute atomic E-state index is 0.419. The van der Waals surface area contributed by atoms with E-state index >= 15 is 0 Å². The highest BCUT2D eigenvalue weighted by Crippen LogP contribution is 2.33. The van der Waals surface area contributed by atoms with Crippen molar-refractivity contribution in [2.24, 2.45) is 4.99 Å². The van der Waals surface area contributed by atoms with E-state index in [9.17, 15) is 0 Å². The van der Waals surface area contributed by atoms with E-state index in [1.807, 2.05) is 41.1 Å². The molecule has 154 valence electrons. The minimum Gasteiger partial charge on any atom is -0.493 e. The van der Waals surface area contributed by atoms with Gasteiger partial charge in [-0.2, -0.15) is 4.99 Å². The number of thiazole rings is 2. The van der Waals surface area contributed by atoms with Gasteiger partial charge < -0.3 is 9.15 Å². The van der Waals surface area contributed by atoms with Crippen molar-refractivity contribution in [1.82, 2.24) is 9.97 Å². The van der Waals surface area contributed by atoms with Gasteiger partial charge in [-0.3, -0.25) is 0 Å². The van der Waals surface area contributed by atoms with Crippen LogP contribution in [0.5, 0.6) is 5.75 Å². The lowest BCUT2D eigenvalue weighted by Gasteiger charge is -2.06. The van der Waals surface area contributed by atoms with Gasteiger partial charge in [0.25, 0.3) is 0 Å². The summed E-state index contributed by atoms with van der Waals surface area (Å²) in [5.74, 6) is 0.635. The summed E-state index contributed by atoms with van der Waals surface area (Å²) in [6.07, 6.45) is 1.70. The summed E-state index contributed by atoms with van der Waals surface area (Å²) in [5, 5.41) is 7.08. The molecule has 3 aromatic heterocycles. The van der Waals surface area contributed by atoms with Gasteiger partial charge in [0.15, 0.2) is 11.3 Å². The van der Waals surface area contributed by atoms with Crippen LogP contribution in [0.1, 0.15) is 0 Å². The van der Waals surface area contributed by atoms with Crippen LogP contribution in [0.25, 0.3) is 32.8 Å². The quantitative estimate of drug-likeness (QED) is 0.269. The molecule has 5 rings (SSSR count). The molecule has 0 radical (unpaired) electrons. The van der Waals surface area contributed by atoms with Crippen LogP contribution in [0.2, 0.25) is 10.0 Å². The fourth-order valence-corrected chi connectivity index (χ4v) is 4.70. The van der Waals surface area contributed by atoms with Crippen LogP contribution in [0.3, 0.4) is 0 Å². The van der Waals surface area contributed by atoms with E-state index in [1.165, 1.54) is 22.7 Å². The molecule has 0 aliphatic rings. The number of hydrogen-bond donors (Lipinski definition) is 0. The second kappa shape index (κ2) is 8.43. The van der Waals surface area contributed by atoms with Gasteiger partial charge in [-0.05, 0) is 24.3 Å². The average molecular weight is 486 g/mol. The molecule has 0 saturated heterocycles. The number of para-hydroxylation sites is 1. The number of rotatable bonds is 4.